The number of rotatable bonds is 3. The van der Waals surface area contributed by atoms with Crippen molar-refractivity contribution in [2.45, 2.75) is 6.18 Å². The zero-order chi connectivity index (χ0) is 18.9. The largest absolute Gasteiger partial charge is 0.463 e. The molecule has 0 unspecified atom stereocenters. The lowest BCUT2D eigenvalue weighted by atomic mass is 10.1. The maximum absolute atomic E-state index is 12.9. The van der Waals surface area contributed by atoms with Crippen molar-refractivity contribution < 1.29 is 17.6 Å². The second-order valence-electron chi connectivity index (χ2n) is 6.24. The Labute approximate surface area is 154 Å². The van der Waals surface area contributed by atoms with Crippen LogP contribution in [0.2, 0.25) is 0 Å². The van der Waals surface area contributed by atoms with Crippen LogP contribution in [0.25, 0.3) is 11.5 Å². The number of anilines is 2. The summed E-state index contributed by atoms with van der Waals surface area (Å²) in [6.07, 6.45) is -1.07. The maximum atomic E-state index is 12.9. The van der Waals surface area contributed by atoms with Gasteiger partial charge in [-0.25, -0.2) is 9.97 Å². The SMILES string of the molecule is FC(F)(F)c1cccc(N2CCN(c3nccc(-c4ccco4)n3)CC2)c1. The van der Waals surface area contributed by atoms with Crippen LogP contribution in [0.1, 0.15) is 5.56 Å². The summed E-state index contributed by atoms with van der Waals surface area (Å²) in [6.45, 7) is 2.43. The lowest BCUT2D eigenvalue weighted by molar-refractivity contribution is -0.137. The van der Waals surface area contributed by atoms with Crippen LogP contribution in [-0.2, 0) is 6.18 Å². The summed E-state index contributed by atoms with van der Waals surface area (Å²) >= 11 is 0. The van der Waals surface area contributed by atoms with Crippen LogP contribution in [0.4, 0.5) is 24.8 Å². The quantitative estimate of drug-likeness (QED) is 0.691. The van der Waals surface area contributed by atoms with Crippen LogP contribution >= 0.6 is 0 Å². The van der Waals surface area contributed by atoms with Crippen LogP contribution < -0.4 is 9.80 Å². The molecule has 140 valence electrons. The fraction of sp³-hybridized carbons (Fsp3) is 0.263. The van der Waals surface area contributed by atoms with Gasteiger partial charge in [0.25, 0.3) is 0 Å². The second-order valence-corrected chi connectivity index (χ2v) is 6.24. The molecule has 1 fully saturated rings. The van der Waals surface area contributed by atoms with E-state index in [1.807, 2.05) is 15.9 Å². The number of aromatic nitrogens is 2. The smallest absolute Gasteiger partial charge is 0.416 e. The van der Waals surface area contributed by atoms with Gasteiger partial charge >= 0.3 is 6.18 Å². The molecule has 3 aromatic rings. The highest BCUT2D eigenvalue weighted by molar-refractivity contribution is 5.54. The van der Waals surface area contributed by atoms with Crippen molar-refractivity contribution >= 4 is 11.6 Å². The molecule has 0 amide bonds. The number of alkyl halides is 3. The van der Waals surface area contributed by atoms with Gasteiger partial charge in [0, 0.05) is 38.1 Å². The molecule has 5 nitrogen and oxygen atoms in total. The van der Waals surface area contributed by atoms with Crippen molar-refractivity contribution in [2.24, 2.45) is 0 Å². The molecule has 27 heavy (non-hydrogen) atoms. The fourth-order valence-corrected chi connectivity index (χ4v) is 3.11. The number of furan rings is 1. The van der Waals surface area contributed by atoms with E-state index in [4.69, 9.17) is 4.42 Å². The Kier molecular flexibility index (Phi) is 4.47. The van der Waals surface area contributed by atoms with Gasteiger partial charge in [0.05, 0.1) is 11.8 Å². The van der Waals surface area contributed by atoms with Crippen LogP contribution in [0.3, 0.4) is 0 Å². The molecule has 1 aliphatic rings. The minimum absolute atomic E-state index is 0.578. The van der Waals surface area contributed by atoms with E-state index < -0.39 is 11.7 Å². The van der Waals surface area contributed by atoms with Crippen molar-refractivity contribution in [3.63, 3.8) is 0 Å². The lowest BCUT2D eigenvalue weighted by Crippen LogP contribution is -2.47. The molecule has 0 aliphatic carbocycles. The van der Waals surface area contributed by atoms with Gasteiger partial charge in [-0.05, 0) is 36.4 Å². The zero-order valence-electron chi connectivity index (χ0n) is 14.4. The van der Waals surface area contributed by atoms with E-state index in [1.165, 1.54) is 12.1 Å². The average molecular weight is 374 g/mol. The number of nitrogens with zero attached hydrogens (tertiary/aromatic N) is 4. The molecule has 0 saturated carbocycles. The summed E-state index contributed by atoms with van der Waals surface area (Å²) in [5, 5.41) is 0. The Hall–Kier alpha value is -3.03. The molecule has 2 aromatic heterocycles. The molecule has 4 rings (SSSR count). The predicted octanol–water partition coefficient (Wildman–Crippen LogP) is 4.08. The first kappa shape index (κ1) is 17.4. The molecule has 0 N–H and O–H groups in total. The third-order valence-corrected chi connectivity index (χ3v) is 4.52. The normalized spacial score (nSPS) is 15.2. The number of hydrogen-bond donors (Lipinski definition) is 0. The standard InChI is InChI=1S/C19H17F3N4O/c20-19(21,22)14-3-1-4-15(13-14)25-8-10-26(11-9-25)18-23-7-6-16(24-18)17-5-2-12-27-17/h1-7,12-13H,8-11H2. The molecular formula is C19H17F3N4O. The van der Waals surface area contributed by atoms with Gasteiger partial charge in [0.15, 0.2) is 5.76 Å². The van der Waals surface area contributed by atoms with Crippen molar-refractivity contribution in [3.05, 3.63) is 60.5 Å². The average Bonchev–Trinajstić information content (AvgIpc) is 3.23. The van der Waals surface area contributed by atoms with E-state index in [1.54, 1.807) is 30.7 Å². The number of benzene rings is 1. The molecule has 1 saturated heterocycles. The third-order valence-electron chi connectivity index (χ3n) is 4.52. The van der Waals surface area contributed by atoms with E-state index in [0.717, 1.165) is 6.07 Å². The van der Waals surface area contributed by atoms with Crippen molar-refractivity contribution in [1.82, 2.24) is 9.97 Å². The first-order chi connectivity index (χ1) is 13.0. The lowest BCUT2D eigenvalue weighted by Gasteiger charge is -2.36. The van der Waals surface area contributed by atoms with Crippen molar-refractivity contribution in [2.75, 3.05) is 36.0 Å². The number of hydrogen-bond acceptors (Lipinski definition) is 5. The molecule has 1 aliphatic heterocycles. The minimum atomic E-state index is -4.34. The summed E-state index contributed by atoms with van der Waals surface area (Å²) in [6, 6.07) is 10.8. The predicted molar refractivity (Wildman–Crippen MR) is 95.6 cm³/mol. The van der Waals surface area contributed by atoms with Crippen LogP contribution in [0, 0.1) is 0 Å². The topological polar surface area (TPSA) is 45.4 Å². The highest BCUT2D eigenvalue weighted by atomic mass is 19.4. The summed E-state index contributed by atoms with van der Waals surface area (Å²) in [5.74, 6) is 1.26. The summed E-state index contributed by atoms with van der Waals surface area (Å²) < 4.78 is 44.1. The molecule has 8 heteroatoms. The Bertz CT molecular complexity index is 903. The molecule has 0 atom stereocenters. The highest BCUT2D eigenvalue weighted by Crippen LogP contribution is 2.32. The van der Waals surface area contributed by atoms with Crippen LogP contribution in [-0.4, -0.2) is 36.1 Å². The summed E-state index contributed by atoms with van der Waals surface area (Å²) in [4.78, 5) is 12.8. The Balaban J connectivity index is 1.46. The van der Waals surface area contributed by atoms with Crippen LogP contribution in [0.5, 0.6) is 0 Å². The first-order valence-corrected chi connectivity index (χ1v) is 8.55. The first-order valence-electron chi connectivity index (χ1n) is 8.55. The van der Waals surface area contributed by atoms with Crippen molar-refractivity contribution in [3.8, 4) is 11.5 Å². The van der Waals surface area contributed by atoms with E-state index in [2.05, 4.69) is 9.97 Å². The minimum Gasteiger partial charge on any atom is -0.463 e. The molecule has 0 spiro atoms. The van der Waals surface area contributed by atoms with E-state index >= 15 is 0 Å². The van der Waals surface area contributed by atoms with Gasteiger partial charge in [-0.1, -0.05) is 6.07 Å². The summed E-state index contributed by atoms with van der Waals surface area (Å²) in [7, 11) is 0. The van der Waals surface area contributed by atoms with Gasteiger partial charge in [-0.2, -0.15) is 13.2 Å². The third kappa shape index (κ3) is 3.74. The maximum Gasteiger partial charge on any atom is 0.416 e. The van der Waals surface area contributed by atoms with Gasteiger partial charge in [0.2, 0.25) is 5.95 Å². The van der Waals surface area contributed by atoms with Crippen LogP contribution in [0.15, 0.2) is 59.3 Å². The van der Waals surface area contributed by atoms with Crippen molar-refractivity contribution in [1.29, 1.82) is 0 Å². The van der Waals surface area contributed by atoms with Gasteiger partial charge < -0.3 is 14.2 Å². The number of piperazine rings is 1. The molecule has 3 heterocycles. The second kappa shape index (κ2) is 6.94. The molecule has 0 bridgehead atoms. The zero-order valence-corrected chi connectivity index (χ0v) is 14.4. The molecule has 0 radical (unpaired) electrons. The number of halogens is 3. The Morgan fingerprint density at radius 2 is 1.70 bits per heavy atom. The van der Waals surface area contributed by atoms with E-state index in [-0.39, 0.29) is 0 Å². The fourth-order valence-electron chi connectivity index (χ4n) is 3.11. The Morgan fingerprint density at radius 3 is 2.41 bits per heavy atom. The summed E-state index contributed by atoms with van der Waals surface area (Å²) in [5.41, 5.74) is 0.650. The van der Waals surface area contributed by atoms with E-state index in [0.29, 0.717) is 49.3 Å². The Morgan fingerprint density at radius 1 is 0.926 bits per heavy atom. The molecule has 1 aromatic carbocycles. The van der Waals surface area contributed by atoms with Gasteiger partial charge in [-0.3, -0.25) is 0 Å². The highest BCUT2D eigenvalue weighted by Gasteiger charge is 2.31. The molecular weight excluding hydrogens is 357 g/mol. The van der Waals surface area contributed by atoms with E-state index in [9.17, 15) is 13.2 Å². The van der Waals surface area contributed by atoms with Gasteiger partial charge in [-0.15, -0.1) is 0 Å². The monoisotopic (exact) mass is 374 g/mol. The van der Waals surface area contributed by atoms with Gasteiger partial charge in [0.1, 0.15) is 5.69 Å².